The maximum absolute atomic E-state index is 15.4. The lowest BCUT2D eigenvalue weighted by Crippen LogP contribution is -2.48. The van der Waals surface area contributed by atoms with E-state index in [0.29, 0.717) is 26.6 Å². The highest BCUT2D eigenvalue weighted by Gasteiger charge is 2.80. The molecule has 5 rings (SSSR count). The number of aryl methyl sites for hydroxylation is 2. The van der Waals surface area contributed by atoms with Crippen LogP contribution in [0.5, 0.6) is 5.75 Å². The molecule has 0 saturated carbocycles. The molecule has 0 N–H and O–H groups in total. The first-order valence-corrected chi connectivity index (χ1v) is 13.7. The number of halogens is 7. The highest BCUT2D eigenvalue weighted by molar-refractivity contribution is 9.10. The third-order valence-electron chi connectivity index (χ3n) is 6.54. The molecule has 0 fully saturated rings. The first-order chi connectivity index (χ1) is 17.8. The highest BCUT2D eigenvalue weighted by Crippen LogP contribution is 2.66. The van der Waals surface area contributed by atoms with E-state index in [1.807, 2.05) is 0 Å². The van der Waals surface area contributed by atoms with E-state index in [0.717, 1.165) is 27.1 Å². The maximum Gasteiger partial charge on any atom is 0.380 e. The Balaban J connectivity index is 1.74. The number of methoxy groups -OCH3 is 1. The molecular weight excluding hydrogens is 610 g/mol. The second kappa shape index (κ2) is 9.27. The van der Waals surface area contributed by atoms with Gasteiger partial charge in [-0.05, 0) is 84.6 Å². The van der Waals surface area contributed by atoms with Crippen molar-refractivity contribution in [3.05, 3.63) is 86.0 Å². The topological polar surface area (TPSA) is 9.23 Å². The Labute approximate surface area is 231 Å². The fourth-order valence-electron chi connectivity index (χ4n) is 4.55. The molecule has 0 unspecified atom stereocenters. The van der Waals surface area contributed by atoms with Crippen LogP contribution in [0.25, 0.3) is 32.0 Å². The van der Waals surface area contributed by atoms with Gasteiger partial charge in [0.1, 0.15) is 5.75 Å². The predicted octanol–water partition coefficient (Wildman–Crippen LogP) is 10.4. The number of benzene rings is 2. The zero-order valence-electron chi connectivity index (χ0n) is 20.1. The van der Waals surface area contributed by atoms with E-state index in [-0.39, 0.29) is 20.9 Å². The van der Waals surface area contributed by atoms with Crippen LogP contribution in [0.2, 0.25) is 0 Å². The molecule has 4 aromatic rings. The minimum Gasteiger partial charge on any atom is -0.497 e. The molecule has 2 aromatic heterocycles. The Morgan fingerprint density at radius 1 is 0.658 bits per heavy atom. The van der Waals surface area contributed by atoms with Gasteiger partial charge in [-0.3, -0.25) is 0 Å². The van der Waals surface area contributed by atoms with Gasteiger partial charge in [-0.1, -0.05) is 28.1 Å². The van der Waals surface area contributed by atoms with E-state index in [9.17, 15) is 8.78 Å². The average molecular weight is 629 g/mol. The lowest BCUT2D eigenvalue weighted by molar-refractivity contribution is -0.254. The molecule has 38 heavy (non-hydrogen) atoms. The fourth-order valence-corrected chi connectivity index (χ4v) is 6.87. The fraction of sp³-hybridized carbons (Fsp3) is 0.214. The molecule has 0 spiro atoms. The van der Waals surface area contributed by atoms with Crippen LogP contribution in [-0.2, 0) is 0 Å². The lowest BCUT2D eigenvalue weighted by atomic mass is 9.94. The molecule has 1 nitrogen and oxygen atoms in total. The van der Waals surface area contributed by atoms with Crippen LogP contribution in [0.4, 0.5) is 26.3 Å². The van der Waals surface area contributed by atoms with Gasteiger partial charge in [0.15, 0.2) is 0 Å². The van der Waals surface area contributed by atoms with Gasteiger partial charge in [-0.25, -0.2) is 0 Å². The monoisotopic (exact) mass is 628 g/mol. The van der Waals surface area contributed by atoms with E-state index < -0.39 is 28.9 Å². The van der Waals surface area contributed by atoms with Crippen LogP contribution in [0.15, 0.2) is 65.1 Å². The van der Waals surface area contributed by atoms with E-state index in [1.165, 1.54) is 33.1 Å². The molecule has 0 amide bonds. The summed E-state index contributed by atoms with van der Waals surface area (Å²) < 4.78 is 97.2. The number of ether oxygens (including phenoxy) is 1. The summed E-state index contributed by atoms with van der Waals surface area (Å²) in [5.74, 6) is -15.2. The number of hydrogen-bond donors (Lipinski definition) is 0. The van der Waals surface area contributed by atoms with Crippen molar-refractivity contribution >= 4 is 49.7 Å². The van der Waals surface area contributed by atoms with Gasteiger partial charge in [0, 0.05) is 35.1 Å². The zero-order valence-corrected chi connectivity index (χ0v) is 23.4. The molecule has 198 valence electrons. The van der Waals surface area contributed by atoms with Crippen molar-refractivity contribution in [1.29, 1.82) is 0 Å². The molecule has 1 aliphatic rings. The molecule has 2 aromatic carbocycles. The number of thiophene rings is 2. The number of hydrogen-bond acceptors (Lipinski definition) is 3. The van der Waals surface area contributed by atoms with Gasteiger partial charge in [-0.15, -0.1) is 22.7 Å². The third-order valence-corrected chi connectivity index (χ3v) is 9.27. The van der Waals surface area contributed by atoms with E-state index in [1.54, 1.807) is 48.5 Å². The first-order valence-electron chi connectivity index (χ1n) is 11.3. The van der Waals surface area contributed by atoms with Crippen molar-refractivity contribution in [2.24, 2.45) is 0 Å². The van der Waals surface area contributed by atoms with Crippen LogP contribution in [0, 0.1) is 13.8 Å². The van der Waals surface area contributed by atoms with Gasteiger partial charge < -0.3 is 4.74 Å². The van der Waals surface area contributed by atoms with Crippen molar-refractivity contribution in [3.63, 3.8) is 0 Å². The third kappa shape index (κ3) is 4.03. The summed E-state index contributed by atoms with van der Waals surface area (Å²) in [6, 6.07) is 16.3. The number of rotatable bonds is 5. The summed E-state index contributed by atoms with van der Waals surface area (Å²) in [5.41, 5.74) is -2.00. The summed E-state index contributed by atoms with van der Waals surface area (Å²) >= 11 is 5.48. The lowest BCUT2D eigenvalue weighted by Gasteiger charge is -2.25. The predicted molar refractivity (Wildman–Crippen MR) is 145 cm³/mol. The van der Waals surface area contributed by atoms with Crippen LogP contribution in [0.1, 0.15) is 20.9 Å². The largest absolute Gasteiger partial charge is 0.497 e. The molecule has 0 radical (unpaired) electrons. The van der Waals surface area contributed by atoms with Crippen molar-refractivity contribution in [1.82, 2.24) is 0 Å². The van der Waals surface area contributed by atoms with Crippen LogP contribution >= 0.6 is 38.6 Å². The van der Waals surface area contributed by atoms with Gasteiger partial charge in [0.05, 0.1) is 7.11 Å². The molecule has 2 heterocycles. The Hall–Kier alpha value is -2.56. The van der Waals surface area contributed by atoms with Gasteiger partial charge in [-0.2, -0.15) is 26.3 Å². The molecular formula is C28H19BrF6OS2. The van der Waals surface area contributed by atoms with Gasteiger partial charge >= 0.3 is 17.8 Å². The van der Waals surface area contributed by atoms with Crippen LogP contribution in [0.3, 0.4) is 0 Å². The summed E-state index contributed by atoms with van der Waals surface area (Å²) in [5, 5.41) is 0. The quantitative estimate of drug-likeness (QED) is 0.200. The molecule has 1 aliphatic carbocycles. The summed E-state index contributed by atoms with van der Waals surface area (Å²) in [4.78, 5) is 1.47. The van der Waals surface area contributed by atoms with E-state index >= 15 is 17.6 Å². The van der Waals surface area contributed by atoms with Crippen molar-refractivity contribution in [2.45, 2.75) is 31.6 Å². The zero-order chi connectivity index (χ0) is 27.6. The first kappa shape index (κ1) is 27.0. The highest BCUT2D eigenvalue weighted by atomic mass is 79.9. The smallest absolute Gasteiger partial charge is 0.380 e. The van der Waals surface area contributed by atoms with Crippen LogP contribution in [-0.4, -0.2) is 24.9 Å². The maximum atomic E-state index is 15.4. The minimum atomic E-state index is -5.61. The van der Waals surface area contributed by atoms with Crippen LogP contribution < -0.4 is 4.74 Å². The van der Waals surface area contributed by atoms with E-state index in [4.69, 9.17) is 4.74 Å². The minimum absolute atomic E-state index is 0.234. The van der Waals surface area contributed by atoms with Crippen molar-refractivity contribution < 1.29 is 31.1 Å². The molecule has 0 bridgehead atoms. The van der Waals surface area contributed by atoms with Crippen molar-refractivity contribution in [3.8, 4) is 26.6 Å². The average Bonchev–Trinajstić information content (AvgIpc) is 3.46. The Morgan fingerprint density at radius 3 is 1.45 bits per heavy atom. The van der Waals surface area contributed by atoms with E-state index in [2.05, 4.69) is 15.9 Å². The Bertz CT molecular complexity index is 1550. The van der Waals surface area contributed by atoms with Gasteiger partial charge in [0.2, 0.25) is 0 Å². The molecule has 0 aliphatic heterocycles. The molecule has 0 atom stereocenters. The second-order valence-corrected chi connectivity index (χ2v) is 12.3. The summed E-state index contributed by atoms with van der Waals surface area (Å²) in [6.07, 6.45) is 0. The molecule has 10 heteroatoms. The van der Waals surface area contributed by atoms with Crippen molar-refractivity contribution in [2.75, 3.05) is 7.11 Å². The Kier molecular flexibility index (Phi) is 6.60. The summed E-state index contributed by atoms with van der Waals surface area (Å²) in [7, 11) is 1.49. The molecule has 0 saturated heterocycles. The SMILES string of the molecule is COc1ccc(-c2cc(C3=C(c4cc(-c5ccc(Br)cc5)sc4C)C(F)(F)C(F)(F)C3(F)F)c(C)s2)cc1. The van der Waals surface area contributed by atoms with Gasteiger partial charge in [0.25, 0.3) is 0 Å². The Morgan fingerprint density at radius 2 is 1.05 bits per heavy atom. The standard InChI is InChI=1S/C28H19BrF6OS2/c1-14-20(12-22(37-14)16-4-8-18(29)9-5-16)24-25(27(32,33)28(34,35)26(24,30)31)21-13-23(38-15(21)2)17-6-10-19(36-3)11-7-17/h4-13H,1-3H3. The normalized spacial score (nSPS) is 17.7. The summed E-state index contributed by atoms with van der Waals surface area (Å²) in [6.45, 7) is 2.94. The number of allylic oxidation sites excluding steroid dienone is 2. The second-order valence-electron chi connectivity index (χ2n) is 8.87. The number of alkyl halides is 6.